The Labute approximate surface area is 431 Å². The monoisotopic (exact) mass is 947 g/mol. The van der Waals surface area contributed by atoms with E-state index in [2.05, 4.69) is 226 Å². The number of hydrogen-bond donors (Lipinski definition) is 0. The number of benzene rings is 9. The molecule has 0 atom stereocenters. The van der Waals surface area contributed by atoms with Gasteiger partial charge >= 0.3 is 0 Å². The van der Waals surface area contributed by atoms with Gasteiger partial charge in [0.2, 0.25) is 0 Å². The Morgan fingerprint density at radius 2 is 0.622 bits per heavy atom. The summed E-state index contributed by atoms with van der Waals surface area (Å²) in [6.07, 6.45) is 3.64. The molecule has 2 aliphatic rings. The van der Waals surface area contributed by atoms with Gasteiger partial charge in [0, 0.05) is 50.7 Å². The number of nitrogens with zero attached hydrogens (tertiary/aromatic N) is 5. The third-order valence-electron chi connectivity index (χ3n) is 15.8. The molecule has 0 N–H and O–H groups in total. The van der Waals surface area contributed by atoms with Crippen molar-refractivity contribution in [2.75, 3.05) is 0 Å². The summed E-state index contributed by atoms with van der Waals surface area (Å²) >= 11 is 0. The molecule has 2 aliphatic carbocycles. The van der Waals surface area contributed by atoms with Crippen LogP contribution in [0.4, 0.5) is 0 Å². The van der Waals surface area contributed by atoms with Crippen molar-refractivity contribution in [3.8, 4) is 101 Å². The molecule has 74 heavy (non-hydrogen) atoms. The van der Waals surface area contributed by atoms with Crippen LogP contribution < -0.4 is 0 Å². The molecule has 3 heterocycles. The Morgan fingerprint density at radius 1 is 0.257 bits per heavy atom. The fourth-order valence-electron chi connectivity index (χ4n) is 11.8. The summed E-state index contributed by atoms with van der Waals surface area (Å²) in [6.45, 7) is 9.34. The summed E-state index contributed by atoms with van der Waals surface area (Å²) in [5, 5.41) is 2.03. The molecule has 12 aromatic rings. The molecule has 5 nitrogen and oxygen atoms in total. The lowest BCUT2D eigenvalue weighted by molar-refractivity contribution is 0.660. The SMILES string of the molecule is CC1(C)c2ccccc2-c2cc(-c3cccc(-c4cc(-c5cccc(-c6ccc7c(c6)-c6ccccc6C7(C)C)c5)cc(-c5nc(-c6ccc7ncccc7c6)nc(-c6ccc7ncccc7c6)n5)c4)c3)ccc21. The van der Waals surface area contributed by atoms with Gasteiger partial charge in [-0.1, -0.05) is 149 Å². The Kier molecular flexibility index (Phi) is 9.83. The number of rotatable bonds is 7. The molecule has 0 bridgehead atoms. The van der Waals surface area contributed by atoms with E-state index in [9.17, 15) is 0 Å². The zero-order chi connectivity index (χ0) is 49.7. The van der Waals surface area contributed by atoms with Crippen molar-refractivity contribution in [1.29, 1.82) is 0 Å². The van der Waals surface area contributed by atoms with Crippen LogP contribution in [0.5, 0.6) is 0 Å². The smallest absolute Gasteiger partial charge is 0.164 e. The highest BCUT2D eigenvalue weighted by atomic mass is 15.0. The predicted octanol–water partition coefficient (Wildman–Crippen LogP) is 17.2. The summed E-state index contributed by atoms with van der Waals surface area (Å²) < 4.78 is 0. The molecule has 9 aromatic carbocycles. The van der Waals surface area contributed by atoms with Gasteiger partial charge in [0.25, 0.3) is 0 Å². The van der Waals surface area contributed by atoms with Gasteiger partial charge in [-0.3, -0.25) is 9.97 Å². The van der Waals surface area contributed by atoms with Gasteiger partial charge in [0.15, 0.2) is 17.5 Å². The Balaban J connectivity index is 0.943. The highest BCUT2D eigenvalue weighted by molar-refractivity contribution is 5.90. The maximum absolute atomic E-state index is 5.34. The minimum atomic E-state index is -0.0604. The zero-order valence-corrected chi connectivity index (χ0v) is 41.6. The zero-order valence-electron chi connectivity index (χ0n) is 41.6. The van der Waals surface area contributed by atoms with Crippen LogP contribution in [-0.4, -0.2) is 24.9 Å². The number of pyridine rings is 2. The standard InChI is InChI=1S/C69H49N5/c1-68(2)59-21-7-5-19-55(59)57-40-46(23-27-61(57)68)42-13-9-15-44(33-42)52-37-53(45-16-10-14-43(34-45)47-24-28-62-58(41-47)56-20-6-8-22-60(56)69(62,3)4)39-54(38-52)67-73-65(50-25-29-63-48(35-50)17-11-31-70-63)72-66(74-67)51-26-30-64-49(36-51)18-12-32-71-64/h5-41H,1-4H3. The van der Waals surface area contributed by atoms with Crippen LogP contribution in [0, 0.1) is 0 Å². The van der Waals surface area contributed by atoms with Crippen molar-refractivity contribution in [2.45, 2.75) is 38.5 Å². The van der Waals surface area contributed by atoms with Crippen LogP contribution in [-0.2, 0) is 10.8 Å². The second kappa shape index (κ2) is 16.7. The van der Waals surface area contributed by atoms with Crippen molar-refractivity contribution in [3.63, 3.8) is 0 Å². The summed E-state index contributed by atoms with van der Waals surface area (Å²) in [5.74, 6) is 1.75. The van der Waals surface area contributed by atoms with Gasteiger partial charge in [-0.05, 0) is 180 Å². The number of fused-ring (bicyclic) bond motifs is 8. The molecule has 0 fully saturated rings. The van der Waals surface area contributed by atoms with Crippen LogP contribution in [0.2, 0.25) is 0 Å². The van der Waals surface area contributed by atoms with Gasteiger partial charge in [-0.25, -0.2) is 15.0 Å². The van der Waals surface area contributed by atoms with Gasteiger partial charge in [-0.2, -0.15) is 0 Å². The quantitative estimate of drug-likeness (QED) is 0.159. The number of aromatic nitrogens is 5. The molecule has 0 radical (unpaired) electrons. The average Bonchev–Trinajstić information content (AvgIpc) is 3.85. The first-order valence-corrected chi connectivity index (χ1v) is 25.4. The fraction of sp³-hybridized carbons (Fsp3) is 0.0870. The van der Waals surface area contributed by atoms with Crippen LogP contribution in [0.15, 0.2) is 225 Å². The molecule has 0 spiro atoms. The second-order valence-electron chi connectivity index (χ2n) is 21.0. The Bertz CT molecular complexity index is 4010. The lowest BCUT2D eigenvalue weighted by Crippen LogP contribution is -2.14. The van der Waals surface area contributed by atoms with E-state index in [-0.39, 0.29) is 10.8 Å². The van der Waals surface area contributed by atoms with Gasteiger partial charge < -0.3 is 0 Å². The van der Waals surface area contributed by atoms with Gasteiger partial charge in [0.05, 0.1) is 11.0 Å². The van der Waals surface area contributed by atoms with E-state index in [1.165, 1.54) is 55.6 Å². The predicted molar refractivity (Wildman–Crippen MR) is 304 cm³/mol. The first-order chi connectivity index (χ1) is 36.1. The van der Waals surface area contributed by atoms with E-state index in [0.717, 1.165) is 71.9 Å². The molecule has 0 saturated carbocycles. The van der Waals surface area contributed by atoms with E-state index >= 15 is 0 Å². The molecule has 350 valence electrons. The van der Waals surface area contributed by atoms with Gasteiger partial charge in [-0.15, -0.1) is 0 Å². The second-order valence-corrected chi connectivity index (χ2v) is 21.0. The molecule has 14 rings (SSSR count). The Hall–Kier alpha value is -9.19. The van der Waals surface area contributed by atoms with Crippen molar-refractivity contribution >= 4 is 21.8 Å². The molecule has 3 aromatic heterocycles. The molecule has 0 unspecified atom stereocenters. The topological polar surface area (TPSA) is 64.5 Å². The van der Waals surface area contributed by atoms with Crippen molar-refractivity contribution in [3.05, 3.63) is 247 Å². The van der Waals surface area contributed by atoms with Crippen LogP contribution in [0.1, 0.15) is 49.9 Å². The largest absolute Gasteiger partial charge is 0.256 e. The van der Waals surface area contributed by atoms with E-state index in [1.807, 2.05) is 36.7 Å². The van der Waals surface area contributed by atoms with Crippen LogP contribution in [0.25, 0.3) is 123 Å². The van der Waals surface area contributed by atoms with Crippen molar-refractivity contribution in [2.24, 2.45) is 0 Å². The lowest BCUT2D eigenvalue weighted by Gasteiger charge is -2.21. The minimum absolute atomic E-state index is 0.0604. The number of hydrogen-bond acceptors (Lipinski definition) is 5. The average molecular weight is 948 g/mol. The minimum Gasteiger partial charge on any atom is -0.256 e. The summed E-state index contributed by atoms with van der Waals surface area (Å²) in [5.41, 5.74) is 24.1. The van der Waals surface area contributed by atoms with Gasteiger partial charge in [0.1, 0.15) is 0 Å². The molecule has 0 saturated heterocycles. The van der Waals surface area contributed by atoms with E-state index < -0.39 is 0 Å². The third-order valence-corrected chi connectivity index (χ3v) is 15.8. The molecular weight excluding hydrogens is 899 g/mol. The van der Waals surface area contributed by atoms with Crippen molar-refractivity contribution in [1.82, 2.24) is 24.9 Å². The maximum atomic E-state index is 5.34. The maximum Gasteiger partial charge on any atom is 0.164 e. The van der Waals surface area contributed by atoms with Crippen molar-refractivity contribution < 1.29 is 0 Å². The fourth-order valence-corrected chi connectivity index (χ4v) is 11.8. The first kappa shape index (κ1) is 43.6. The van der Waals surface area contributed by atoms with Crippen LogP contribution >= 0.6 is 0 Å². The molecule has 0 aliphatic heterocycles. The lowest BCUT2D eigenvalue weighted by atomic mass is 9.82. The normalized spacial score (nSPS) is 13.6. The highest BCUT2D eigenvalue weighted by Gasteiger charge is 2.36. The highest BCUT2D eigenvalue weighted by Crippen LogP contribution is 2.51. The third kappa shape index (κ3) is 7.18. The summed E-state index contributed by atoms with van der Waals surface area (Å²) in [6, 6.07) is 76.9. The summed E-state index contributed by atoms with van der Waals surface area (Å²) in [7, 11) is 0. The van der Waals surface area contributed by atoms with Crippen LogP contribution in [0.3, 0.4) is 0 Å². The summed E-state index contributed by atoms with van der Waals surface area (Å²) in [4.78, 5) is 25.1. The molecule has 0 amide bonds. The first-order valence-electron chi connectivity index (χ1n) is 25.4. The van der Waals surface area contributed by atoms with E-state index in [0.29, 0.717) is 17.5 Å². The Morgan fingerprint density at radius 3 is 1.09 bits per heavy atom. The van der Waals surface area contributed by atoms with E-state index in [1.54, 1.807) is 0 Å². The molecular formula is C69H49N5. The van der Waals surface area contributed by atoms with E-state index in [4.69, 9.17) is 15.0 Å². The molecule has 5 heteroatoms.